The number of benzene rings is 1. The lowest BCUT2D eigenvalue weighted by atomic mass is 10.1. The fourth-order valence-corrected chi connectivity index (χ4v) is 2.42. The molecule has 0 bridgehead atoms. The predicted octanol–water partition coefficient (Wildman–Crippen LogP) is 1.04. The van der Waals surface area contributed by atoms with E-state index in [9.17, 15) is 14.3 Å². The van der Waals surface area contributed by atoms with Gasteiger partial charge in [-0.25, -0.2) is 4.39 Å². The molecule has 2 rings (SSSR count). The summed E-state index contributed by atoms with van der Waals surface area (Å²) < 4.78 is 18.3. The third-order valence-electron chi connectivity index (χ3n) is 3.59. The van der Waals surface area contributed by atoms with E-state index in [1.807, 2.05) is 0 Å². The zero-order valence-corrected chi connectivity index (χ0v) is 13.3. The standard InChI is InChI=1S/C17H23FN2O3/c1-17(22,13-20-7-9-23-10-8-20)12-19-16(21)6-5-14-3-2-4-15(18)11-14/h2-6,11,22H,7-10,12-13H2,1H3,(H,19,21)/b6-5+. The van der Waals surface area contributed by atoms with Gasteiger partial charge in [-0.2, -0.15) is 0 Å². The molecule has 126 valence electrons. The number of nitrogens with zero attached hydrogens (tertiary/aromatic N) is 1. The number of amides is 1. The summed E-state index contributed by atoms with van der Waals surface area (Å²) in [5.41, 5.74) is -0.403. The highest BCUT2D eigenvalue weighted by molar-refractivity contribution is 5.91. The highest BCUT2D eigenvalue weighted by Crippen LogP contribution is 2.08. The van der Waals surface area contributed by atoms with Crippen LogP contribution in [0, 0.1) is 5.82 Å². The molecule has 1 atom stereocenters. The summed E-state index contributed by atoms with van der Waals surface area (Å²) in [5, 5.41) is 13.0. The van der Waals surface area contributed by atoms with E-state index in [0.29, 0.717) is 25.3 Å². The Hall–Kier alpha value is -1.76. The maximum atomic E-state index is 13.0. The van der Waals surface area contributed by atoms with E-state index in [0.717, 1.165) is 13.1 Å². The molecule has 1 aromatic rings. The van der Waals surface area contributed by atoms with Crippen LogP contribution in [0.25, 0.3) is 6.08 Å². The molecule has 1 aliphatic heterocycles. The Kier molecular flexibility index (Phi) is 6.27. The van der Waals surface area contributed by atoms with Crippen LogP contribution >= 0.6 is 0 Å². The summed E-state index contributed by atoms with van der Waals surface area (Å²) in [6.07, 6.45) is 2.87. The summed E-state index contributed by atoms with van der Waals surface area (Å²) >= 11 is 0. The Balaban J connectivity index is 1.78. The van der Waals surface area contributed by atoms with E-state index >= 15 is 0 Å². The van der Waals surface area contributed by atoms with Crippen molar-refractivity contribution in [2.45, 2.75) is 12.5 Å². The number of hydrogen-bond donors (Lipinski definition) is 2. The molecule has 0 spiro atoms. The number of hydrogen-bond acceptors (Lipinski definition) is 4. The number of nitrogens with one attached hydrogen (secondary N) is 1. The van der Waals surface area contributed by atoms with Gasteiger partial charge in [-0.05, 0) is 30.7 Å². The van der Waals surface area contributed by atoms with E-state index < -0.39 is 5.60 Å². The summed E-state index contributed by atoms with van der Waals surface area (Å²) in [6, 6.07) is 5.99. The third kappa shape index (κ3) is 6.48. The van der Waals surface area contributed by atoms with E-state index in [1.54, 1.807) is 19.1 Å². The van der Waals surface area contributed by atoms with Crippen molar-refractivity contribution in [1.82, 2.24) is 10.2 Å². The second-order valence-electron chi connectivity index (χ2n) is 5.99. The van der Waals surface area contributed by atoms with Crippen LogP contribution in [-0.2, 0) is 9.53 Å². The van der Waals surface area contributed by atoms with Crippen LogP contribution < -0.4 is 5.32 Å². The molecule has 0 saturated carbocycles. The second kappa shape index (κ2) is 8.19. The molecule has 5 nitrogen and oxygen atoms in total. The van der Waals surface area contributed by atoms with Crippen molar-refractivity contribution in [3.05, 3.63) is 41.7 Å². The average molecular weight is 322 g/mol. The van der Waals surface area contributed by atoms with Gasteiger partial charge in [0.05, 0.1) is 18.8 Å². The zero-order chi connectivity index (χ0) is 16.7. The van der Waals surface area contributed by atoms with Crippen LogP contribution in [-0.4, -0.2) is 60.9 Å². The largest absolute Gasteiger partial charge is 0.387 e. The molecule has 2 N–H and O–H groups in total. The second-order valence-corrected chi connectivity index (χ2v) is 5.99. The van der Waals surface area contributed by atoms with Crippen molar-refractivity contribution in [3.63, 3.8) is 0 Å². The molecule has 1 amide bonds. The smallest absolute Gasteiger partial charge is 0.244 e. The quantitative estimate of drug-likeness (QED) is 0.768. The molecule has 0 radical (unpaired) electrons. The molecule has 1 fully saturated rings. The van der Waals surface area contributed by atoms with E-state index in [1.165, 1.54) is 24.3 Å². The van der Waals surface area contributed by atoms with E-state index in [2.05, 4.69) is 10.2 Å². The number of carbonyl (C=O) groups is 1. The van der Waals surface area contributed by atoms with E-state index in [4.69, 9.17) is 4.74 Å². The highest BCUT2D eigenvalue weighted by atomic mass is 19.1. The fourth-order valence-electron chi connectivity index (χ4n) is 2.42. The van der Waals surface area contributed by atoms with Crippen molar-refractivity contribution in [2.24, 2.45) is 0 Å². The van der Waals surface area contributed by atoms with Crippen molar-refractivity contribution < 1.29 is 19.0 Å². The fraction of sp³-hybridized carbons (Fsp3) is 0.471. The van der Waals surface area contributed by atoms with Gasteiger partial charge < -0.3 is 15.2 Å². The minimum Gasteiger partial charge on any atom is -0.387 e. The summed E-state index contributed by atoms with van der Waals surface area (Å²) in [6.45, 7) is 5.21. The Morgan fingerprint density at radius 1 is 1.48 bits per heavy atom. The zero-order valence-electron chi connectivity index (χ0n) is 13.3. The van der Waals surface area contributed by atoms with Gasteiger partial charge in [-0.1, -0.05) is 12.1 Å². The summed E-state index contributed by atoms with van der Waals surface area (Å²) in [5.74, 6) is -0.669. The minimum absolute atomic E-state index is 0.149. The predicted molar refractivity (Wildman–Crippen MR) is 86.3 cm³/mol. The lowest BCUT2D eigenvalue weighted by Gasteiger charge is -2.33. The van der Waals surface area contributed by atoms with Crippen molar-refractivity contribution in [3.8, 4) is 0 Å². The first-order chi connectivity index (χ1) is 10.9. The molecule has 23 heavy (non-hydrogen) atoms. The first-order valence-electron chi connectivity index (χ1n) is 7.69. The van der Waals surface area contributed by atoms with Crippen LogP contribution in [0.3, 0.4) is 0 Å². The van der Waals surface area contributed by atoms with Gasteiger partial charge in [-0.15, -0.1) is 0 Å². The van der Waals surface area contributed by atoms with Crippen molar-refractivity contribution >= 4 is 12.0 Å². The van der Waals surface area contributed by atoms with Gasteiger partial charge in [0.1, 0.15) is 5.82 Å². The minimum atomic E-state index is -1.01. The van der Waals surface area contributed by atoms with E-state index in [-0.39, 0.29) is 18.3 Å². The van der Waals surface area contributed by atoms with Gasteiger partial charge in [0.2, 0.25) is 5.91 Å². The molecule has 1 unspecified atom stereocenters. The summed E-state index contributed by atoms with van der Waals surface area (Å²) in [4.78, 5) is 13.9. The molecular formula is C17H23FN2O3. The number of ether oxygens (including phenoxy) is 1. The normalized spacial score (nSPS) is 18.7. The van der Waals surface area contributed by atoms with Crippen LogP contribution in [0.1, 0.15) is 12.5 Å². The number of rotatable bonds is 6. The van der Waals surface area contributed by atoms with Gasteiger partial charge in [0.15, 0.2) is 0 Å². The highest BCUT2D eigenvalue weighted by Gasteiger charge is 2.25. The van der Waals surface area contributed by atoms with Crippen LogP contribution in [0.5, 0.6) is 0 Å². The first kappa shape index (κ1) is 17.6. The number of β-amino-alcohol motifs (C(OH)–C–C–N with tert-alkyl or cyclic N) is 1. The Labute approximate surface area is 135 Å². The van der Waals surface area contributed by atoms with Crippen LogP contribution in [0.15, 0.2) is 30.3 Å². The molecule has 6 heteroatoms. The number of morpholine rings is 1. The molecule has 1 heterocycles. The lowest BCUT2D eigenvalue weighted by Crippen LogP contribution is -2.51. The van der Waals surface area contributed by atoms with Crippen molar-refractivity contribution in [2.75, 3.05) is 39.4 Å². The SMILES string of the molecule is CC(O)(CNC(=O)/C=C/c1cccc(F)c1)CN1CCOCC1. The third-order valence-corrected chi connectivity index (χ3v) is 3.59. The number of carbonyl (C=O) groups excluding carboxylic acids is 1. The van der Waals surface area contributed by atoms with Gasteiger partial charge in [0.25, 0.3) is 0 Å². The van der Waals surface area contributed by atoms with Gasteiger partial charge in [-0.3, -0.25) is 9.69 Å². The van der Waals surface area contributed by atoms with Gasteiger partial charge >= 0.3 is 0 Å². The summed E-state index contributed by atoms with van der Waals surface area (Å²) in [7, 11) is 0. The van der Waals surface area contributed by atoms with Gasteiger partial charge in [0, 0.05) is 32.3 Å². The molecule has 1 saturated heterocycles. The maximum absolute atomic E-state index is 13.0. The van der Waals surface area contributed by atoms with Crippen LogP contribution in [0.2, 0.25) is 0 Å². The maximum Gasteiger partial charge on any atom is 0.244 e. The number of halogens is 1. The first-order valence-corrected chi connectivity index (χ1v) is 7.69. The topological polar surface area (TPSA) is 61.8 Å². The number of aliphatic hydroxyl groups is 1. The van der Waals surface area contributed by atoms with Crippen molar-refractivity contribution in [1.29, 1.82) is 0 Å². The molecule has 0 aliphatic carbocycles. The molecule has 1 aliphatic rings. The Morgan fingerprint density at radius 3 is 2.91 bits per heavy atom. The van der Waals surface area contributed by atoms with Crippen LogP contribution in [0.4, 0.5) is 4.39 Å². The average Bonchev–Trinajstić information content (AvgIpc) is 2.52. The molecular weight excluding hydrogens is 299 g/mol. The Morgan fingerprint density at radius 2 is 2.22 bits per heavy atom. The molecule has 0 aromatic heterocycles. The lowest BCUT2D eigenvalue weighted by molar-refractivity contribution is -0.117. The monoisotopic (exact) mass is 322 g/mol. The molecule has 1 aromatic carbocycles. The Bertz CT molecular complexity index is 555.